The molecule has 0 spiro atoms. The lowest BCUT2D eigenvalue weighted by molar-refractivity contribution is 0.338. The highest BCUT2D eigenvalue weighted by Crippen LogP contribution is 2.38. The molecule has 0 saturated carbocycles. The molecule has 2 heteroatoms. The monoisotopic (exact) mass is 200 g/mol. The maximum absolute atomic E-state index is 11.9. The van der Waals surface area contributed by atoms with Crippen LogP contribution in [0, 0.1) is 5.92 Å². The zero-order valence-electron chi connectivity index (χ0n) is 8.50. The van der Waals surface area contributed by atoms with E-state index in [1.165, 1.54) is 44.9 Å². The molecule has 13 heavy (non-hydrogen) atoms. The van der Waals surface area contributed by atoms with Crippen LogP contribution in [0.3, 0.4) is 0 Å². The molecule has 0 amide bonds. The first-order chi connectivity index (χ1) is 6.31. The van der Waals surface area contributed by atoms with Gasteiger partial charge in [-0.3, -0.25) is 4.21 Å². The van der Waals surface area contributed by atoms with E-state index in [4.69, 9.17) is 0 Å². The lowest BCUT2D eigenvalue weighted by Crippen LogP contribution is -2.39. The van der Waals surface area contributed by atoms with Gasteiger partial charge in [0.25, 0.3) is 0 Å². The van der Waals surface area contributed by atoms with E-state index in [2.05, 4.69) is 6.92 Å². The van der Waals surface area contributed by atoms with E-state index in [0.717, 1.165) is 5.92 Å². The van der Waals surface area contributed by atoms with E-state index in [0.29, 0.717) is 10.5 Å². The molecule has 2 atom stereocenters. The average Bonchev–Trinajstić information content (AvgIpc) is 2.07. The SMILES string of the molecule is CCCC1CC2CCCC(C1)S2=O. The van der Waals surface area contributed by atoms with Crippen molar-refractivity contribution in [1.82, 2.24) is 0 Å². The van der Waals surface area contributed by atoms with Gasteiger partial charge in [-0.2, -0.15) is 0 Å². The molecule has 0 radical (unpaired) electrons. The van der Waals surface area contributed by atoms with E-state index in [1.54, 1.807) is 0 Å². The third kappa shape index (κ3) is 1.98. The van der Waals surface area contributed by atoms with Gasteiger partial charge in [-0.25, -0.2) is 0 Å². The highest BCUT2D eigenvalue weighted by Gasteiger charge is 2.37. The fourth-order valence-electron chi connectivity index (χ4n) is 2.99. The minimum atomic E-state index is -0.460. The predicted molar refractivity (Wildman–Crippen MR) is 57.2 cm³/mol. The van der Waals surface area contributed by atoms with E-state index >= 15 is 0 Å². The summed E-state index contributed by atoms with van der Waals surface area (Å²) in [7, 11) is -0.460. The Morgan fingerprint density at radius 2 is 1.85 bits per heavy atom. The molecule has 0 aromatic heterocycles. The normalized spacial score (nSPS) is 44.7. The molecule has 76 valence electrons. The molecule has 2 aliphatic rings. The summed E-state index contributed by atoms with van der Waals surface area (Å²) in [6.07, 6.45) is 9.00. The minimum Gasteiger partial charge on any atom is -0.259 e. The average molecular weight is 200 g/mol. The van der Waals surface area contributed by atoms with Gasteiger partial charge in [0.05, 0.1) is 0 Å². The van der Waals surface area contributed by atoms with E-state index in [1.807, 2.05) is 0 Å². The summed E-state index contributed by atoms with van der Waals surface area (Å²) < 4.78 is 11.9. The van der Waals surface area contributed by atoms with Gasteiger partial charge in [0.1, 0.15) is 0 Å². The lowest BCUT2D eigenvalue weighted by Gasteiger charge is -2.38. The number of hydrogen-bond donors (Lipinski definition) is 0. The summed E-state index contributed by atoms with van der Waals surface area (Å²) in [6.45, 7) is 2.27. The van der Waals surface area contributed by atoms with Crippen LogP contribution >= 0.6 is 0 Å². The van der Waals surface area contributed by atoms with Crippen LogP contribution in [-0.4, -0.2) is 14.7 Å². The highest BCUT2D eigenvalue weighted by molar-refractivity contribution is 7.86. The third-order valence-electron chi connectivity index (χ3n) is 3.60. The smallest absolute Gasteiger partial charge is 0.0353 e. The molecule has 0 aromatic carbocycles. The number of hydrogen-bond acceptors (Lipinski definition) is 1. The first kappa shape index (κ1) is 9.70. The van der Waals surface area contributed by atoms with Gasteiger partial charge in [0, 0.05) is 21.3 Å². The quantitative estimate of drug-likeness (QED) is 0.670. The second kappa shape index (κ2) is 4.12. The third-order valence-corrected chi connectivity index (χ3v) is 5.77. The Morgan fingerprint density at radius 3 is 2.38 bits per heavy atom. The molecule has 2 fully saturated rings. The van der Waals surface area contributed by atoms with Crippen molar-refractivity contribution in [3.05, 3.63) is 0 Å². The summed E-state index contributed by atoms with van der Waals surface area (Å²) in [6, 6.07) is 0. The highest BCUT2D eigenvalue weighted by atomic mass is 32.2. The zero-order chi connectivity index (χ0) is 9.26. The Kier molecular flexibility index (Phi) is 3.07. The van der Waals surface area contributed by atoms with Crippen LogP contribution in [0.5, 0.6) is 0 Å². The van der Waals surface area contributed by atoms with Crippen LogP contribution in [0.25, 0.3) is 0 Å². The van der Waals surface area contributed by atoms with Crippen LogP contribution in [0.2, 0.25) is 0 Å². The lowest BCUT2D eigenvalue weighted by atomic mass is 9.87. The molecular formula is C11H20OS. The number of rotatable bonds is 2. The fraction of sp³-hybridized carbons (Fsp3) is 1.00. The molecule has 2 aliphatic heterocycles. The second-order valence-electron chi connectivity index (χ2n) is 4.63. The summed E-state index contributed by atoms with van der Waals surface area (Å²) in [5, 5.41) is 1.15. The Balaban J connectivity index is 1.99. The molecule has 2 saturated heterocycles. The number of fused-ring (bicyclic) bond motifs is 2. The Labute approximate surface area is 83.8 Å². The van der Waals surface area contributed by atoms with Gasteiger partial charge < -0.3 is 0 Å². The fourth-order valence-corrected chi connectivity index (χ4v) is 5.25. The van der Waals surface area contributed by atoms with Gasteiger partial charge in [0.2, 0.25) is 0 Å². The van der Waals surface area contributed by atoms with E-state index in [9.17, 15) is 4.21 Å². The Bertz CT molecular complexity index is 186. The molecule has 0 N–H and O–H groups in total. The Hall–Kier alpha value is 0.150. The minimum absolute atomic E-state index is 0.460. The van der Waals surface area contributed by atoms with Crippen molar-refractivity contribution < 1.29 is 4.21 Å². The van der Waals surface area contributed by atoms with Gasteiger partial charge in [0.15, 0.2) is 0 Å². The molecule has 0 aromatic rings. The first-order valence-corrected chi connectivity index (χ1v) is 6.98. The van der Waals surface area contributed by atoms with Crippen LogP contribution in [0.1, 0.15) is 51.9 Å². The van der Waals surface area contributed by atoms with E-state index in [-0.39, 0.29) is 0 Å². The molecule has 2 rings (SSSR count). The maximum atomic E-state index is 11.9. The van der Waals surface area contributed by atoms with Gasteiger partial charge in [-0.15, -0.1) is 0 Å². The van der Waals surface area contributed by atoms with Crippen LogP contribution in [0.15, 0.2) is 0 Å². The van der Waals surface area contributed by atoms with Crippen LogP contribution in [0.4, 0.5) is 0 Å². The molecule has 0 aliphatic carbocycles. The van der Waals surface area contributed by atoms with Crippen LogP contribution in [-0.2, 0) is 10.8 Å². The van der Waals surface area contributed by atoms with Crippen molar-refractivity contribution in [3.8, 4) is 0 Å². The van der Waals surface area contributed by atoms with Crippen molar-refractivity contribution in [2.75, 3.05) is 0 Å². The molecular weight excluding hydrogens is 180 g/mol. The van der Waals surface area contributed by atoms with Crippen molar-refractivity contribution >= 4 is 10.8 Å². The van der Waals surface area contributed by atoms with Gasteiger partial charge in [-0.1, -0.05) is 26.2 Å². The summed E-state index contributed by atoms with van der Waals surface area (Å²) in [4.78, 5) is 0. The van der Waals surface area contributed by atoms with Crippen LogP contribution < -0.4 is 0 Å². The predicted octanol–water partition coefficient (Wildman–Crippen LogP) is 2.87. The molecule has 2 heterocycles. The van der Waals surface area contributed by atoms with Crippen molar-refractivity contribution in [2.45, 2.75) is 62.4 Å². The molecule has 1 nitrogen and oxygen atoms in total. The summed E-state index contributed by atoms with van der Waals surface area (Å²) in [5.41, 5.74) is 0. The zero-order valence-corrected chi connectivity index (χ0v) is 9.31. The van der Waals surface area contributed by atoms with E-state index < -0.39 is 10.8 Å². The first-order valence-electron chi connectivity index (χ1n) is 5.70. The van der Waals surface area contributed by atoms with Crippen molar-refractivity contribution in [3.63, 3.8) is 0 Å². The van der Waals surface area contributed by atoms with Crippen molar-refractivity contribution in [2.24, 2.45) is 5.92 Å². The largest absolute Gasteiger partial charge is 0.259 e. The van der Waals surface area contributed by atoms with Gasteiger partial charge in [-0.05, 0) is 31.6 Å². The summed E-state index contributed by atoms with van der Waals surface area (Å²) >= 11 is 0. The topological polar surface area (TPSA) is 17.1 Å². The standard InChI is InChI=1S/C11H20OS/c1-2-4-9-7-10-5-3-6-11(8-9)13(10)12/h9-11H,2-8H2,1H3. The molecule has 2 unspecified atom stereocenters. The van der Waals surface area contributed by atoms with Crippen molar-refractivity contribution in [1.29, 1.82) is 0 Å². The van der Waals surface area contributed by atoms with Gasteiger partial charge >= 0.3 is 0 Å². The summed E-state index contributed by atoms with van der Waals surface area (Å²) in [5.74, 6) is 0.901. The maximum Gasteiger partial charge on any atom is 0.0353 e. The second-order valence-corrected chi connectivity index (χ2v) is 6.62. The molecule has 2 bridgehead atoms. The Morgan fingerprint density at radius 1 is 1.23 bits per heavy atom.